The van der Waals surface area contributed by atoms with Crippen LogP contribution in [0.25, 0.3) is 11.0 Å². The number of hydrogen-bond donors (Lipinski definition) is 1. The topological polar surface area (TPSA) is 42.8 Å². The summed E-state index contributed by atoms with van der Waals surface area (Å²) in [6.07, 6.45) is 5.64. The largest absolute Gasteiger partial charge is 0.279 e. The molecular weight excluding hydrogens is 198 g/mol. The van der Waals surface area contributed by atoms with Crippen molar-refractivity contribution in [1.82, 2.24) is 9.97 Å². The van der Waals surface area contributed by atoms with Crippen LogP contribution in [-0.2, 0) is 0 Å². The summed E-state index contributed by atoms with van der Waals surface area (Å²) in [4.78, 5) is 10.8. The van der Waals surface area contributed by atoms with E-state index in [2.05, 4.69) is 15.0 Å². The molecular formula is C10H11ClN3+. The van der Waals surface area contributed by atoms with Crippen LogP contribution in [0.5, 0.6) is 0 Å². The summed E-state index contributed by atoms with van der Waals surface area (Å²) in [7, 11) is 0. The van der Waals surface area contributed by atoms with Gasteiger partial charge in [-0.05, 0) is 30.5 Å². The number of nitrogens with zero attached hydrogens (tertiary/aromatic N) is 1. The van der Waals surface area contributed by atoms with Crippen LogP contribution in [0.1, 0.15) is 31.0 Å². The number of nitrogens with one attached hydrogen (secondary N) is 2. The number of aromatic amines is 2. The van der Waals surface area contributed by atoms with Crippen molar-refractivity contribution in [2.75, 3.05) is 0 Å². The standard InChI is InChI=1S/C10H10ClN3/c11-8-7-4-5-12-10(7)14-9(13-8)6-2-1-3-6/h4-6H,1-3H2,(H,12,13,14)/p+1. The Morgan fingerprint density at radius 2 is 2.36 bits per heavy atom. The van der Waals surface area contributed by atoms with Gasteiger partial charge in [0.1, 0.15) is 5.39 Å². The molecule has 0 amide bonds. The average molecular weight is 209 g/mol. The first-order valence-corrected chi connectivity index (χ1v) is 5.28. The summed E-state index contributed by atoms with van der Waals surface area (Å²) in [5.74, 6) is 1.61. The van der Waals surface area contributed by atoms with Gasteiger partial charge in [-0.2, -0.15) is 0 Å². The fourth-order valence-corrected chi connectivity index (χ4v) is 2.09. The zero-order valence-electron chi connectivity index (χ0n) is 7.68. The van der Waals surface area contributed by atoms with E-state index in [-0.39, 0.29) is 0 Å². The van der Waals surface area contributed by atoms with Gasteiger partial charge in [-0.25, -0.2) is 4.98 Å². The van der Waals surface area contributed by atoms with Crippen molar-refractivity contribution in [2.45, 2.75) is 25.2 Å². The van der Waals surface area contributed by atoms with E-state index >= 15 is 0 Å². The lowest BCUT2D eigenvalue weighted by Gasteiger charge is -2.20. The van der Waals surface area contributed by atoms with Gasteiger partial charge in [0.05, 0.1) is 6.20 Å². The second-order valence-electron chi connectivity index (χ2n) is 3.81. The molecule has 1 aliphatic carbocycles. The molecule has 0 unspecified atom stereocenters. The quantitative estimate of drug-likeness (QED) is 0.718. The molecule has 0 atom stereocenters. The van der Waals surface area contributed by atoms with E-state index < -0.39 is 0 Å². The lowest BCUT2D eigenvalue weighted by atomic mass is 9.85. The molecule has 2 N–H and O–H groups in total. The van der Waals surface area contributed by atoms with E-state index in [1.807, 2.05) is 12.3 Å². The number of aromatic nitrogens is 3. The lowest BCUT2D eigenvalue weighted by molar-refractivity contribution is -0.370. The van der Waals surface area contributed by atoms with Gasteiger partial charge in [-0.15, -0.1) is 0 Å². The van der Waals surface area contributed by atoms with Crippen molar-refractivity contribution >= 4 is 22.6 Å². The van der Waals surface area contributed by atoms with Gasteiger partial charge < -0.3 is 0 Å². The Kier molecular flexibility index (Phi) is 1.74. The van der Waals surface area contributed by atoms with Gasteiger partial charge in [0, 0.05) is 5.92 Å². The lowest BCUT2D eigenvalue weighted by Crippen LogP contribution is -2.23. The second kappa shape index (κ2) is 2.95. The maximum atomic E-state index is 6.08. The molecule has 1 aliphatic rings. The van der Waals surface area contributed by atoms with Gasteiger partial charge >= 0.3 is 0 Å². The third-order valence-electron chi connectivity index (χ3n) is 2.93. The summed E-state index contributed by atoms with van der Waals surface area (Å²) >= 11 is 6.08. The minimum absolute atomic E-state index is 0.584. The summed E-state index contributed by atoms with van der Waals surface area (Å²) in [5.41, 5.74) is 0.979. The number of fused-ring (bicyclic) bond motifs is 1. The molecule has 2 aromatic heterocycles. The first-order chi connectivity index (χ1) is 6.84. The summed E-state index contributed by atoms with van der Waals surface area (Å²) in [5, 5.41) is 1.57. The number of hydrogen-bond acceptors (Lipinski definition) is 1. The Bertz CT molecular complexity index is 473. The monoisotopic (exact) mass is 208 g/mol. The fraction of sp³-hybridized carbons (Fsp3) is 0.400. The van der Waals surface area contributed by atoms with Gasteiger partial charge in [0.2, 0.25) is 16.6 Å². The average Bonchev–Trinajstić information content (AvgIpc) is 2.48. The Morgan fingerprint density at radius 1 is 1.50 bits per heavy atom. The Hall–Kier alpha value is -1.09. The summed E-state index contributed by atoms with van der Waals surface area (Å²) in [6.45, 7) is 0. The first-order valence-electron chi connectivity index (χ1n) is 4.90. The molecule has 3 rings (SSSR count). The van der Waals surface area contributed by atoms with Crippen molar-refractivity contribution in [2.24, 2.45) is 0 Å². The van der Waals surface area contributed by atoms with Crippen molar-refractivity contribution in [3.63, 3.8) is 0 Å². The predicted molar refractivity (Wildman–Crippen MR) is 54.3 cm³/mol. The number of H-pyrrole nitrogens is 2. The minimum Gasteiger partial charge on any atom is -0.279 e. The third kappa shape index (κ3) is 1.12. The number of halogens is 1. The van der Waals surface area contributed by atoms with Crippen LogP contribution in [0.15, 0.2) is 12.3 Å². The molecule has 0 saturated heterocycles. The molecule has 0 spiro atoms. The Labute approximate surface area is 86.5 Å². The summed E-state index contributed by atoms with van der Waals surface area (Å²) in [6, 6.07) is 1.94. The maximum absolute atomic E-state index is 6.08. The van der Waals surface area contributed by atoms with Crippen molar-refractivity contribution in [3.05, 3.63) is 23.2 Å². The van der Waals surface area contributed by atoms with Crippen LogP contribution < -0.4 is 4.98 Å². The van der Waals surface area contributed by atoms with E-state index in [0.717, 1.165) is 16.9 Å². The highest BCUT2D eigenvalue weighted by molar-refractivity contribution is 6.33. The van der Waals surface area contributed by atoms with Crippen LogP contribution in [0.3, 0.4) is 0 Å². The molecule has 0 aromatic carbocycles. The molecule has 2 aromatic rings. The molecule has 0 radical (unpaired) electrons. The normalized spacial score (nSPS) is 17.2. The van der Waals surface area contributed by atoms with Crippen LogP contribution in [0, 0.1) is 0 Å². The van der Waals surface area contributed by atoms with Crippen LogP contribution in [0.2, 0.25) is 5.15 Å². The number of rotatable bonds is 1. The maximum Gasteiger partial charge on any atom is 0.240 e. The smallest absolute Gasteiger partial charge is 0.240 e. The Morgan fingerprint density at radius 3 is 3.07 bits per heavy atom. The van der Waals surface area contributed by atoms with Crippen molar-refractivity contribution < 1.29 is 4.98 Å². The van der Waals surface area contributed by atoms with Gasteiger partial charge in [0.15, 0.2) is 0 Å². The van der Waals surface area contributed by atoms with E-state index in [1.165, 1.54) is 19.3 Å². The molecule has 14 heavy (non-hydrogen) atoms. The van der Waals surface area contributed by atoms with Gasteiger partial charge in [-0.1, -0.05) is 11.4 Å². The van der Waals surface area contributed by atoms with Crippen molar-refractivity contribution in [1.29, 1.82) is 0 Å². The van der Waals surface area contributed by atoms with E-state index in [0.29, 0.717) is 11.1 Å². The molecule has 4 heteroatoms. The van der Waals surface area contributed by atoms with Crippen LogP contribution in [0.4, 0.5) is 0 Å². The molecule has 1 saturated carbocycles. The minimum atomic E-state index is 0.584. The van der Waals surface area contributed by atoms with E-state index in [4.69, 9.17) is 11.6 Å². The van der Waals surface area contributed by atoms with Crippen LogP contribution in [-0.4, -0.2) is 9.97 Å². The fourth-order valence-electron chi connectivity index (χ4n) is 1.84. The molecule has 0 bridgehead atoms. The van der Waals surface area contributed by atoms with E-state index in [9.17, 15) is 0 Å². The van der Waals surface area contributed by atoms with Crippen molar-refractivity contribution in [3.8, 4) is 0 Å². The summed E-state index contributed by atoms with van der Waals surface area (Å²) < 4.78 is 0. The van der Waals surface area contributed by atoms with Gasteiger partial charge in [0.25, 0.3) is 0 Å². The molecule has 2 heterocycles. The second-order valence-corrected chi connectivity index (χ2v) is 4.17. The van der Waals surface area contributed by atoms with Crippen LogP contribution >= 0.6 is 11.6 Å². The molecule has 3 nitrogen and oxygen atoms in total. The molecule has 72 valence electrons. The first kappa shape index (κ1) is 8.24. The van der Waals surface area contributed by atoms with E-state index in [1.54, 1.807) is 0 Å². The molecule has 0 aliphatic heterocycles. The SMILES string of the molecule is Clc1nc(C2CCC2)[nH+]c2[nH]ccc12. The van der Waals surface area contributed by atoms with Gasteiger partial charge in [-0.3, -0.25) is 4.98 Å². The highest BCUT2D eigenvalue weighted by atomic mass is 35.5. The zero-order chi connectivity index (χ0) is 9.54. The highest BCUT2D eigenvalue weighted by Gasteiger charge is 2.27. The Balaban J connectivity index is 2.16. The predicted octanol–water partition coefficient (Wildman–Crippen LogP) is 2.30. The highest BCUT2D eigenvalue weighted by Crippen LogP contribution is 2.34. The third-order valence-corrected chi connectivity index (χ3v) is 3.22. The zero-order valence-corrected chi connectivity index (χ0v) is 8.43. The molecule has 1 fully saturated rings.